The predicted octanol–water partition coefficient (Wildman–Crippen LogP) is 2.62. The van der Waals surface area contributed by atoms with Crippen molar-refractivity contribution < 1.29 is 9.47 Å². The molecule has 92 valence electrons. The van der Waals surface area contributed by atoms with Gasteiger partial charge < -0.3 is 14.8 Å². The Bertz CT molecular complexity index is 391. The quantitative estimate of drug-likeness (QED) is 0.747. The normalized spacial score (nSPS) is 27.2. The highest BCUT2D eigenvalue weighted by molar-refractivity contribution is 5.50. The lowest BCUT2D eigenvalue weighted by atomic mass is 9.88. The Morgan fingerprint density at radius 2 is 1.71 bits per heavy atom. The van der Waals surface area contributed by atoms with Crippen molar-refractivity contribution in [2.75, 3.05) is 19.8 Å². The maximum Gasteiger partial charge on any atom is 0.161 e. The van der Waals surface area contributed by atoms with Crippen LogP contribution in [0.2, 0.25) is 0 Å². The van der Waals surface area contributed by atoms with Crippen LogP contribution in [-0.2, 0) is 0 Å². The van der Waals surface area contributed by atoms with Crippen LogP contribution in [0.5, 0.6) is 11.5 Å². The molecule has 2 atom stereocenters. The molecule has 0 aromatic heterocycles. The first-order valence-electron chi connectivity index (χ1n) is 6.42. The van der Waals surface area contributed by atoms with Crippen LogP contribution < -0.4 is 14.8 Å². The molecular formula is C14H19NO2. The van der Waals surface area contributed by atoms with Crippen molar-refractivity contribution in [2.45, 2.75) is 32.2 Å². The van der Waals surface area contributed by atoms with Gasteiger partial charge in [0.2, 0.25) is 0 Å². The zero-order chi connectivity index (χ0) is 11.8. The van der Waals surface area contributed by atoms with Gasteiger partial charge in [0.1, 0.15) is 0 Å². The molecule has 0 radical (unpaired) electrons. The van der Waals surface area contributed by atoms with Crippen LogP contribution in [-0.4, -0.2) is 19.8 Å². The summed E-state index contributed by atoms with van der Waals surface area (Å²) < 4.78 is 11.5. The molecule has 1 N–H and O–H groups in total. The van der Waals surface area contributed by atoms with Crippen LogP contribution in [0.3, 0.4) is 0 Å². The number of hydrogen-bond donors (Lipinski definition) is 1. The summed E-state index contributed by atoms with van der Waals surface area (Å²) in [6.07, 6.45) is 0.961. The Labute approximate surface area is 102 Å². The van der Waals surface area contributed by atoms with Gasteiger partial charge in [-0.25, -0.2) is 0 Å². The van der Waals surface area contributed by atoms with E-state index in [-0.39, 0.29) is 0 Å². The summed E-state index contributed by atoms with van der Waals surface area (Å²) >= 11 is 0. The first kappa shape index (κ1) is 10.9. The van der Waals surface area contributed by atoms with Crippen molar-refractivity contribution in [3.63, 3.8) is 0 Å². The molecular weight excluding hydrogens is 214 g/mol. The summed E-state index contributed by atoms with van der Waals surface area (Å²) in [5.41, 5.74) is 2.76. The van der Waals surface area contributed by atoms with Crippen LogP contribution >= 0.6 is 0 Å². The van der Waals surface area contributed by atoms with E-state index in [0.717, 1.165) is 37.7 Å². The lowest BCUT2D eigenvalue weighted by molar-refractivity contribution is 0.297. The second-order valence-corrected chi connectivity index (χ2v) is 5.01. The zero-order valence-corrected chi connectivity index (χ0v) is 10.5. The van der Waals surface area contributed by atoms with Crippen molar-refractivity contribution in [3.8, 4) is 11.5 Å². The van der Waals surface area contributed by atoms with Crippen molar-refractivity contribution in [1.82, 2.24) is 5.32 Å². The molecule has 0 spiro atoms. The summed E-state index contributed by atoms with van der Waals surface area (Å²) in [5, 5.41) is 3.51. The molecule has 0 saturated carbocycles. The minimum absolute atomic E-state index is 0.401. The minimum Gasteiger partial charge on any atom is -0.490 e. The highest BCUT2D eigenvalue weighted by Gasteiger charge is 2.24. The molecule has 2 heterocycles. The number of hydrogen-bond acceptors (Lipinski definition) is 3. The molecule has 3 heteroatoms. The highest BCUT2D eigenvalue weighted by Crippen LogP contribution is 2.39. The van der Waals surface area contributed by atoms with E-state index in [2.05, 4.69) is 31.3 Å². The van der Waals surface area contributed by atoms with Gasteiger partial charge in [0.15, 0.2) is 11.5 Å². The number of nitrogens with one attached hydrogen (secondary N) is 1. The fourth-order valence-corrected chi connectivity index (χ4v) is 2.62. The Morgan fingerprint density at radius 3 is 2.41 bits per heavy atom. The van der Waals surface area contributed by atoms with Gasteiger partial charge in [0.25, 0.3) is 0 Å². The first-order chi connectivity index (χ1) is 8.25. The monoisotopic (exact) mass is 233 g/mol. The first-order valence-corrected chi connectivity index (χ1v) is 6.42. The van der Waals surface area contributed by atoms with Gasteiger partial charge >= 0.3 is 0 Å². The zero-order valence-electron chi connectivity index (χ0n) is 10.5. The van der Waals surface area contributed by atoms with Crippen molar-refractivity contribution in [3.05, 3.63) is 23.3 Å². The van der Waals surface area contributed by atoms with Crippen molar-refractivity contribution in [1.29, 1.82) is 0 Å². The van der Waals surface area contributed by atoms with E-state index in [1.165, 1.54) is 11.1 Å². The molecule has 0 aliphatic carbocycles. The Kier molecular flexibility index (Phi) is 2.71. The van der Waals surface area contributed by atoms with E-state index in [0.29, 0.717) is 12.0 Å². The molecule has 3 rings (SSSR count). The molecule has 2 unspecified atom stereocenters. The van der Waals surface area contributed by atoms with E-state index >= 15 is 0 Å². The molecule has 17 heavy (non-hydrogen) atoms. The predicted molar refractivity (Wildman–Crippen MR) is 66.9 cm³/mol. The molecule has 1 aromatic carbocycles. The van der Waals surface area contributed by atoms with Crippen LogP contribution in [0.25, 0.3) is 0 Å². The van der Waals surface area contributed by atoms with Gasteiger partial charge in [-0.2, -0.15) is 0 Å². The lowest BCUT2D eigenvalue weighted by Crippen LogP contribution is -2.30. The molecule has 0 fully saturated rings. The van der Waals surface area contributed by atoms with E-state index in [9.17, 15) is 0 Å². The summed E-state index contributed by atoms with van der Waals surface area (Å²) in [5.74, 6) is 2.37. The summed E-state index contributed by atoms with van der Waals surface area (Å²) in [4.78, 5) is 0. The standard InChI is InChI=1S/C14H19NO2/c1-9-8-15-10(2)12-7-14-13(6-11(9)12)16-4-3-5-17-14/h6-7,9-10,15H,3-5,8H2,1-2H3. The Hall–Kier alpha value is -1.22. The van der Waals surface area contributed by atoms with E-state index in [1.54, 1.807) is 0 Å². The number of ether oxygens (including phenoxy) is 2. The van der Waals surface area contributed by atoms with Gasteiger partial charge in [0, 0.05) is 19.0 Å². The van der Waals surface area contributed by atoms with Gasteiger partial charge in [-0.1, -0.05) is 6.92 Å². The third-order valence-corrected chi connectivity index (χ3v) is 3.68. The van der Waals surface area contributed by atoms with Gasteiger partial charge in [-0.05, 0) is 36.1 Å². The highest BCUT2D eigenvalue weighted by atomic mass is 16.5. The summed E-state index contributed by atoms with van der Waals surface area (Å²) in [6.45, 7) is 7.00. The minimum atomic E-state index is 0.401. The second kappa shape index (κ2) is 4.22. The van der Waals surface area contributed by atoms with Gasteiger partial charge in [-0.15, -0.1) is 0 Å². The van der Waals surface area contributed by atoms with Crippen LogP contribution in [0.4, 0.5) is 0 Å². The van der Waals surface area contributed by atoms with Crippen molar-refractivity contribution in [2.24, 2.45) is 0 Å². The third-order valence-electron chi connectivity index (χ3n) is 3.68. The smallest absolute Gasteiger partial charge is 0.161 e. The maximum absolute atomic E-state index is 5.75. The van der Waals surface area contributed by atoms with E-state index < -0.39 is 0 Å². The van der Waals surface area contributed by atoms with Crippen LogP contribution in [0.15, 0.2) is 12.1 Å². The molecule has 2 aliphatic rings. The Morgan fingerprint density at radius 1 is 1.06 bits per heavy atom. The average molecular weight is 233 g/mol. The van der Waals surface area contributed by atoms with Crippen LogP contribution in [0.1, 0.15) is 43.4 Å². The SMILES string of the molecule is CC1CNC(C)c2cc3c(cc21)OCCCO3. The number of fused-ring (bicyclic) bond motifs is 2. The summed E-state index contributed by atoms with van der Waals surface area (Å²) in [7, 11) is 0. The third kappa shape index (κ3) is 1.89. The molecule has 0 saturated heterocycles. The van der Waals surface area contributed by atoms with Gasteiger partial charge in [-0.3, -0.25) is 0 Å². The fraction of sp³-hybridized carbons (Fsp3) is 0.571. The maximum atomic E-state index is 5.75. The van der Waals surface area contributed by atoms with E-state index in [1.807, 2.05) is 0 Å². The average Bonchev–Trinajstić information content (AvgIpc) is 2.57. The van der Waals surface area contributed by atoms with E-state index in [4.69, 9.17) is 9.47 Å². The molecule has 3 nitrogen and oxygen atoms in total. The summed E-state index contributed by atoms with van der Waals surface area (Å²) in [6, 6.07) is 4.74. The molecule has 2 aliphatic heterocycles. The van der Waals surface area contributed by atoms with Crippen LogP contribution in [0, 0.1) is 0 Å². The molecule has 1 aromatic rings. The molecule has 0 bridgehead atoms. The lowest BCUT2D eigenvalue weighted by Gasteiger charge is -2.29. The fourth-order valence-electron chi connectivity index (χ4n) is 2.62. The topological polar surface area (TPSA) is 30.5 Å². The van der Waals surface area contributed by atoms with Gasteiger partial charge in [0.05, 0.1) is 13.2 Å². The molecule has 0 amide bonds. The second-order valence-electron chi connectivity index (χ2n) is 5.01. The Balaban J connectivity index is 2.08. The number of rotatable bonds is 0. The van der Waals surface area contributed by atoms with Crippen molar-refractivity contribution >= 4 is 0 Å². The largest absolute Gasteiger partial charge is 0.490 e. The number of benzene rings is 1.